The van der Waals surface area contributed by atoms with Gasteiger partial charge in [-0.15, -0.1) is 0 Å². The first-order valence-corrected chi connectivity index (χ1v) is 6.23. The molecule has 104 valence electrons. The summed E-state index contributed by atoms with van der Waals surface area (Å²) < 4.78 is 27.7. The largest absolute Gasteiger partial charge is 0.506 e. The van der Waals surface area contributed by atoms with E-state index in [9.17, 15) is 13.9 Å². The van der Waals surface area contributed by atoms with Crippen molar-refractivity contribution in [1.82, 2.24) is 9.61 Å². The van der Waals surface area contributed by atoms with Crippen molar-refractivity contribution in [2.45, 2.75) is 18.8 Å². The fourth-order valence-corrected chi connectivity index (χ4v) is 2.43. The van der Waals surface area contributed by atoms with Crippen LogP contribution in [0.15, 0.2) is 18.5 Å². The number of hydrogen-bond donors (Lipinski definition) is 1. The highest BCUT2D eigenvalue weighted by atomic mass is 19.3. The van der Waals surface area contributed by atoms with Gasteiger partial charge in [-0.05, 0) is 0 Å². The van der Waals surface area contributed by atoms with E-state index in [1.54, 1.807) is 11.1 Å². The van der Waals surface area contributed by atoms with Gasteiger partial charge in [-0.2, -0.15) is 10.4 Å². The van der Waals surface area contributed by atoms with E-state index in [0.29, 0.717) is 11.2 Å². The molecule has 0 unspecified atom stereocenters. The third-order valence-corrected chi connectivity index (χ3v) is 3.56. The normalized spacial score (nSPS) is 18.1. The second-order valence-corrected chi connectivity index (χ2v) is 4.89. The van der Waals surface area contributed by atoms with Crippen molar-refractivity contribution in [1.29, 1.82) is 5.26 Å². The Kier molecular flexibility index (Phi) is 2.74. The molecule has 1 saturated heterocycles. The first kappa shape index (κ1) is 12.7. The lowest BCUT2D eigenvalue weighted by molar-refractivity contribution is -0.0220. The average Bonchev–Trinajstić information content (AvgIpc) is 2.82. The zero-order valence-corrected chi connectivity index (χ0v) is 10.6. The van der Waals surface area contributed by atoms with Crippen molar-refractivity contribution in [3.63, 3.8) is 0 Å². The fourth-order valence-electron chi connectivity index (χ4n) is 2.43. The molecule has 0 aliphatic carbocycles. The maximum Gasteiger partial charge on any atom is 0.251 e. The highest BCUT2D eigenvalue weighted by Crippen LogP contribution is 2.33. The summed E-state index contributed by atoms with van der Waals surface area (Å²) in [5.74, 6) is -2.68. The van der Waals surface area contributed by atoms with Gasteiger partial charge in [-0.3, -0.25) is 0 Å². The first-order valence-electron chi connectivity index (χ1n) is 6.23. The van der Waals surface area contributed by atoms with Crippen LogP contribution >= 0.6 is 0 Å². The molecule has 20 heavy (non-hydrogen) atoms. The van der Waals surface area contributed by atoms with Gasteiger partial charge in [0.2, 0.25) is 0 Å². The number of anilines is 1. The van der Waals surface area contributed by atoms with Crippen LogP contribution in [-0.4, -0.2) is 33.7 Å². The van der Waals surface area contributed by atoms with Gasteiger partial charge in [-0.25, -0.2) is 13.3 Å². The molecule has 1 aliphatic heterocycles. The number of fused-ring (bicyclic) bond motifs is 1. The molecule has 2 aromatic heterocycles. The Morgan fingerprint density at radius 3 is 2.70 bits per heavy atom. The van der Waals surface area contributed by atoms with Crippen LogP contribution in [0.1, 0.15) is 18.4 Å². The number of pyridine rings is 1. The summed E-state index contributed by atoms with van der Waals surface area (Å²) in [5, 5.41) is 22.9. The average molecular weight is 278 g/mol. The molecule has 0 bridgehead atoms. The minimum absolute atomic E-state index is 0.0751. The maximum absolute atomic E-state index is 13.1. The Balaban J connectivity index is 1.96. The predicted molar refractivity (Wildman–Crippen MR) is 68.0 cm³/mol. The number of nitriles is 1. The van der Waals surface area contributed by atoms with Crippen molar-refractivity contribution in [3.05, 3.63) is 24.0 Å². The fraction of sp³-hybridized carbons (Fsp3) is 0.385. The van der Waals surface area contributed by atoms with E-state index >= 15 is 0 Å². The molecule has 7 heteroatoms. The molecule has 3 heterocycles. The zero-order chi connectivity index (χ0) is 14.3. The third-order valence-electron chi connectivity index (χ3n) is 3.56. The molecule has 0 radical (unpaired) electrons. The summed E-state index contributed by atoms with van der Waals surface area (Å²) in [6, 6.07) is 3.43. The number of rotatable bonds is 1. The molecular weight excluding hydrogens is 266 g/mol. The molecule has 3 rings (SSSR count). The van der Waals surface area contributed by atoms with Crippen LogP contribution in [0.5, 0.6) is 5.75 Å². The molecule has 1 N–H and O–H groups in total. The number of aromatic nitrogens is 2. The molecule has 5 nitrogen and oxygen atoms in total. The van der Waals surface area contributed by atoms with Crippen molar-refractivity contribution in [2.75, 3.05) is 18.0 Å². The quantitative estimate of drug-likeness (QED) is 0.868. The van der Waals surface area contributed by atoms with Gasteiger partial charge in [0.15, 0.2) is 0 Å². The summed E-state index contributed by atoms with van der Waals surface area (Å²) in [6.07, 6.45) is 2.60. The monoisotopic (exact) mass is 278 g/mol. The predicted octanol–water partition coefficient (Wildman–Crippen LogP) is 2.15. The topological polar surface area (TPSA) is 64.6 Å². The Bertz CT molecular complexity index is 694. The number of alkyl halides is 2. The molecule has 1 fully saturated rings. The Hall–Kier alpha value is -2.36. The second-order valence-electron chi connectivity index (χ2n) is 4.89. The van der Waals surface area contributed by atoms with E-state index in [-0.39, 0.29) is 37.2 Å². The summed E-state index contributed by atoms with van der Waals surface area (Å²) >= 11 is 0. The van der Waals surface area contributed by atoms with Crippen LogP contribution in [0.4, 0.5) is 14.5 Å². The smallest absolute Gasteiger partial charge is 0.251 e. The van der Waals surface area contributed by atoms with E-state index in [1.165, 1.54) is 16.8 Å². The SMILES string of the molecule is N#Cc1cnn2cc(N3CCC(F)(F)CC3)cc(O)c12. The molecule has 0 atom stereocenters. The van der Waals surface area contributed by atoms with Gasteiger partial charge >= 0.3 is 0 Å². The van der Waals surface area contributed by atoms with Gasteiger partial charge in [-0.1, -0.05) is 0 Å². The lowest BCUT2D eigenvalue weighted by atomic mass is 10.1. The maximum atomic E-state index is 13.1. The van der Waals surface area contributed by atoms with Crippen molar-refractivity contribution in [2.24, 2.45) is 0 Å². The number of nitrogens with zero attached hydrogens (tertiary/aromatic N) is 4. The molecule has 2 aromatic rings. The van der Waals surface area contributed by atoms with Gasteiger partial charge in [0.25, 0.3) is 5.92 Å². The number of aromatic hydroxyl groups is 1. The van der Waals surface area contributed by atoms with Crippen molar-refractivity contribution < 1.29 is 13.9 Å². The minimum atomic E-state index is -2.61. The summed E-state index contributed by atoms with van der Waals surface area (Å²) in [5.41, 5.74) is 1.23. The van der Waals surface area contributed by atoms with E-state index in [4.69, 9.17) is 5.26 Å². The zero-order valence-electron chi connectivity index (χ0n) is 10.6. The minimum Gasteiger partial charge on any atom is -0.506 e. The van der Waals surface area contributed by atoms with Gasteiger partial charge in [0.05, 0.1) is 18.1 Å². The van der Waals surface area contributed by atoms with Crippen LogP contribution < -0.4 is 4.90 Å². The van der Waals surface area contributed by atoms with Crippen LogP contribution in [0, 0.1) is 11.3 Å². The molecule has 0 spiro atoms. The standard InChI is InChI=1S/C13H12F2N4O/c14-13(15)1-3-18(4-2-13)10-5-11(20)12-9(6-16)7-17-19(12)8-10/h5,7-8,20H,1-4H2. The highest BCUT2D eigenvalue weighted by molar-refractivity contribution is 5.71. The molecular formula is C13H12F2N4O. The summed E-state index contributed by atoms with van der Waals surface area (Å²) in [6.45, 7) is 0.453. The van der Waals surface area contributed by atoms with Gasteiger partial charge in [0, 0.05) is 32.0 Å². The molecule has 0 saturated carbocycles. The Morgan fingerprint density at radius 2 is 2.05 bits per heavy atom. The Morgan fingerprint density at radius 1 is 1.35 bits per heavy atom. The van der Waals surface area contributed by atoms with E-state index < -0.39 is 5.92 Å². The number of halogens is 2. The summed E-state index contributed by atoms with van der Waals surface area (Å²) in [4.78, 5) is 1.78. The lowest BCUT2D eigenvalue weighted by Gasteiger charge is -2.33. The second kappa shape index (κ2) is 4.34. The van der Waals surface area contributed by atoms with Crippen molar-refractivity contribution >= 4 is 11.2 Å². The van der Waals surface area contributed by atoms with Gasteiger partial charge in [0.1, 0.15) is 22.9 Å². The van der Waals surface area contributed by atoms with E-state index in [0.717, 1.165) is 0 Å². The Labute approximate surface area is 113 Å². The van der Waals surface area contributed by atoms with Crippen LogP contribution in [0.2, 0.25) is 0 Å². The van der Waals surface area contributed by atoms with Gasteiger partial charge < -0.3 is 10.0 Å². The molecule has 0 aromatic carbocycles. The molecule has 1 aliphatic rings. The van der Waals surface area contributed by atoms with Crippen LogP contribution in [0.25, 0.3) is 5.52 Å². The highest BCUT2D eigenvalue weighted by Gasteiger charge is 2.34. The van der Waals surface area contributed by atoms with E-state index in [2.05, 4.69) is 5.10 Å². The third kappa shape index (κ3) is 2.03. The number of piperidine rings is 1. The summed E-state index contributed by atoms with van der Waals surface area (Å²) in [7, 11) is 0. The van der Waals surface area contributed by atoms with Crippen LogP contribution in [0.3, 0.4) is 0 Å². The van der Waals surface area contributed by atoms with E-state index in [1.807, 2.05) is 6.07 Å². The first-order chi connectivity index (χ1) is 9.50. The van der Waals surface area contributed by atoms with Crippen LogP contribution in [-0.2, 0) is 0 Å². The number of hydrogen-bond acceptors (Lipinski definition) is 4. The lowest BCUT2D eigenvalue weighted by Crippen LogP contribution is -2.39. The molecule has 0 amide bonds. The van der Waals surface area contributed by atoms with Crippen molar-refractivity contribution in [3.8, 4) is 11.8 Å².